The van der Waals surface area contributed by atoms with Crippen LogP contribution in [0.15, 0.2) is 54.7 Å². The zero-order valence-corrected chi connectivity index (χ0v) is 20.2. The summed E-state index contributed by atoms with van der Waals surface area (Å²) in [5, 5.41) is 5.42. The van der Waals surface area contributed by atoms with Crippen LogP contribution in [0.3, 0.4) is 0 Å². The number of nitrogens with zero attached hydrogens (tertiary/aromatic N) is 3. The van der Waals surface area contributed by atoms with E-state index in [4.69, 9.17) is 30.7 Å². The van der Waals surface area contributed by atoms with Crippen LogP contribution in [0.2, 0.25) is 5.02 Å². The van der Waals surface area contributed by atoms with Gasteiger partial charge in [0, 0.05) is 30.9 Å². The summed E-state index contributed by atoms with van der Waals surface area (Å²) in [4.78, 5) is 2.35. The molecule has 0 amide bonds. The lowest BCUT2D eigenvalue weighted by Crippen LogP contribution is -2.38. The van der Waals surface area contributed by atoms with Crippen molar-refractivity contribution in [2.75, 3.05) is 45.7 Å². The van der Waals surface area contributed by atoms with Crippen LogP contribution in [0.1, 0.15) is 5.56 Å². The van der Waals surface area contributed by atoms with E-state index in [1.807, 2.05) is 35.1 Å². The van der Waals surface area contributed by atoms with Crippen molar-refractivity contribution in [1.82, 2.24) is 14.7 Å². The minimum atomic E-state index is -3.67. The monoisotopic (exact) mass is 493 g/mol. The van der Waals surface area contributed by atoms with Crippen molar-refractivity contribution < 1.29 is 22.4 Å². The van der Waals surface area contributed by atoms with E-state index in [0.29, 0.717) is 23.8 Å². The Hall–Kier alpha value is -2.43. The fourth-order valence-electron chi connectivity index (χ4n) is 3.22. The van der Waals surface area contributed by atoms with Crippen LogP contribution in [-0.4, -0.2) is 73.4 Å². The van der Waals surface area contributed by atoms with Crippen LogP contribution >= 0.6 is 11.6 Å². The number of benzene rings is 2. The van der Waals surface area contributed by atoms with Gasteiger partial charge >= 0.3 is 0 Å². The molecule has 10 heteroatoms. The van der Waals surface area contributed by atoms with Crippen molar-refractivity contribution in [3.05, 3.63) is 65.3 Å². The van der Waals surface area contributed by atoms with Crippen LogP contribution < -0.4 is 4.74 Å². The summed E-state index contributed by atoms with van der Waals surface area (Å²) in [7, 11) is -3.67. The van der Waals surface area contributed by atoms with Gasteiger partial charge < -0.3 is 9.47 Å². The Morgan fingerprint density at radius 3 is 2.30 bits per heavy atom. The molecule has 1 fully saturated rings. The van der Waals surface area contributed by atoms with E-state index in [9.17, 15) is 8.42 Å². The largest absolute Gasteiger partial charge is 0.475 e. The quantitative estimate of drug-likeness (QED) is 0.523. The molecular formula is C23H28ClN3O5S. The molecule has 2 aromatic carbocycles. The summed E-state index contributed by atoms with van der Waals surface area (Å²) in [6.45, 7) is 7.01. The molecule has 2 heterocycles. The van der Waals surface area contributed by atoms with E-state index >= 15 is 0 Å². The molecule has 0 radical (unpaired) electrons. The van der Waals surface area contributed by atoms with Crippen molar-refractivity contribution in [3.8, 4) is 22.7 Å². The van der Waals surface area contributed by atoms with Gasteiger partial charge in [-0.25, -0.2) is 4.68 Å². The number of ether oxygens (including phenoxy) is 2. The molecule has 0 spiro atoms. The average molecular weight is 494 g/mol. The second kappa shape index (κ2) is 11.6. The third-order valence-electron chi connectivity index (χ3n) is 4.88. The molecule has 0 bridgehead atoms. The van der Waals surface area contributed by atoms with Gasteiger partial charge in [-0.2, -0.15) is 8.42 Å². The fraction of sp³-hybridized carbons (Fsp3) is 0.348. The molecular weight excluding hydrogens is 466 g/mol. The minimum absolute atomic E-state index is 0.589. The highest BCUT2D eigenvalue weighted by Gasteiger charge is 2.15. The van der Waals surface area contributed by atoms with Gasteiger partial charge in [0.25, 0.3) is 10.1 Å². The second-order valence-electron chi connectivity index (χ2n) is 7.67. The van der Waals surface area contributed by atoms with E-state index in [0.717, 1.165) is 49.7 Å². The zero-order chi connectivity index (χ0) is 23.8. The SMILES string of the molecule is CS(=O)(=O)O.Cc1ccc(-n2cc(-c3ccc(Cl)cc3)c(OCCN3CCOCC3)n2)cc1. The lowest BCUT2D eigenvalue weighted by Gasteiger charge is -2.26. The molecule has 178 valence electrons. The number of hydrogen-bond acceptors (Lipinski definition) is 6. The fourth-order valence-corrected chi connectivity index (χ4v) is 3.34. The molecule has 1 N–H and O–H groups in total. The molecule has 3 aromatic rings. The molecule has 1 saturated heterocycles. The van der Waals surface area contributed by atoms with Crippen LogP contribution in [0.4, 0.5) is 0 Å². The molecule has 4 rings (SSSR count). The first-order valence-corrected chi connectivity index (χ1v) is 12.7. The second-order valence-corrected chi connectivity index (χ2v) is 9.57. The molecule has 0 aliphatic carbocycles. The highest BCUT2D eigenvalue weighted by molar-refractivity contribution is 7.85. The maximum absolute atomic E-state index is 9.19. The van der Waals surface area contributed by atoms with Gasteiger partial charge in [0.2, 0.25) is 5.88 Å². The number of aromatic nitrogens is 2. The lowest BCUT2D eigenvalue weighted by molar-refractivity contribution is 0.0320. The summed E-state index contributed by atoms with van der Waals surface area (Å²) >= 11 is 6.06. The average Bonchev–Trinajstić information content (AvgIpc) is 3.18. The topological polar surface area (TPSA) is 93.9 Å². The van der Waals surface area contributed by atoms with Gasteiger partial charge in [0.1, 0.15) is 6.61 Å². The molecule has 0 unspecified atom stereocenters. The summed E-state index contributed by atoms with van der Waals surface area (Å²) < 4.78 is 39.2. The molecule has 0 atom stereocenters. The van der Waals surface area contributed by atoms with Crippen LogP contribution in [0, 0.1) is 6.92 Å². The van der Waals surface area contributed by atoms with Crippen molar-refractivity contribution in [3.63, 3.8) is 0 Å². The van der Waals surface area contributed by atoms with Gasteiger partial charge in [-0.3, -0.25) is 9.45 Å². The summed E-state index contributed by atoms with van der Waals surface area (Å²) in [6, 6.07) is 16.0. The maximum Gasteiger partial charge on any atom is 0.261 e. The van der Waals surface area contributed by atoms with Crippen molar-refractivity contribution in [2.24, 2.45) is 0 Å². The predicted octanol–water partition coefficient (Wildman–Crippen LogP) is 3.72. The Labute approximate surface area is 199 Å². The Morgan fingerprint density at radius 1 is 1.09 bits per heavy atom. The number of hydrogen-bond donors (Lipinski definition) is 1. The van der Waals surface area contributed by atoms with E-state index in [2.05, 4.69) is 36.1 Å². The van der Waals surface area contributed by atoms with E-state index < -0.39 is 10.1 Å². The first-order valence-electron chi connectivity index (χ1n) is 10.5. The van der Waals surface area contributed by atoms with E-state index in [1.54, 1.807) is 0 Å². The third kappa shape index (κ3) is 8.45. The Balaban J connectivity index is 0.000000555. The van der Waals surface area contributed by atoms with Crippen LogP contribution in [0.25, 0.3) is 16.8 Å². The van der Waals surface area contributed by atoms with Gasteiger partial charge in [-0.1, -0.05) is 41.4 Å². The summed E-state index contributed by atoms with van der Waals surface area (Å²) in [5.74, 6) is 0.635. The smallest absolute Gasteiger partial charge is 0.261 e. The maximum atomic E-state index is 9.19. The van der Waals surface area contributed by atoms with Crippen molar-refractivity contribution >= 4 is 21.7 Å². The molecule has 1 aromatic heterocycles. The summed E-state index contributed by atoms with van der Waals surface area (Å²) in [6.07, 6.45) is 2.73. The number of rotatable bonds is 6. The minimum Gasteiger partial charge on any atom is -0.475 e. The van der Waals surface area contributed by atoms with Crippen LogP contribution in [0.5, 0.6) is 5.88 Å². The molecule has 33 heavy (non-hydrogen) atoms. The van der Waals surface area contributed by atoms with Gasteiger partial charge in [0.15, 0.2) is 0 Å². The predicted molar refractivity (Wildman–Crippen MR) is 129 cm³/mol. The van der Waals surface area contributed by atoms with Crippen molar-refractivity contribution in [1.29, 1.82) is 0 Å². The summed E-state index contributed by atoms with van der Waals surface area (Å²) in [5.41, 5.74) is 4.21. The van der Waals surface area contributed by atoms with Gasteiger partial charge in [0.05, 0.1) is 30.7 Å². The zero-order valence-electron chi connectivity index (χ0n) is 18.6. The van der Waals surface area contributed by atoms with Gasteiger partial charge in [-0.15, -0.1) is 5.10 Å². The molecule has 1 aliphatic heterocycles. The van der Waals surface area contributed by atoms with Crippen molar-refractivity contribution in [2.45, 2.75) is 6.92 Å². The Morgan fingerprint density at radius 2 is 1.70 bits per heavy atom. The molecule has 1 aliphatic rings. The molecule has 0 saturated carbocycles. The van der Waals surface area contributed by atoms with E-state index in [1.165, 1.54) is 5.56 Å². The third-order valence-corrected chi connectivity index (χ3v) is 5.14. The number of morpholine rings is 1. The van der Waals surface area contributed by atoms with Gasteiger partial charge in [-0.05, 0) is 36.8 Å². The first kappa shape index (κ1) is 25.2. The Bertz CT molecular complexity index is 1120. The lowest BCUT2D eigenvalue weighted by atomic mass is 10.1. The highest BCUT2D eigenvalue weighted by Crippen LogP contribution is 2.31. The van der Waals surface area contributed by atoms with Crippen LogP contribution in [-0.2, 0) is 14.9 Å². The first-order chi connectivity index (χ1) is 15.7. The number of aryl methyl sites for hydroxylation is 1. The standard InChI is InChI=1S/C22H24ClN3O2.CH4O3S/c1-17-2-8-20(9-3-17)26-16-21(18-4-6-19(23)7-5-18)22(24-26)28-15-12-25-10-13-27-14-11-25;1-5(2,3)4/h2-9,16H,10-15H2,1H3;1H3,(H,2,3,4). The van der Waals surface area contributed by atoms with E-state index in [-0.39, 0.29) is 0 Å². The number of halogens is 1. The normalized spacial score (nSPS) is 14.4. The molecule has 8 nitrogen and oxygen atoms in total. The highest BCUT2D eigenvalue weighted by atomic mass is 35.5. The Kier molecular flexibility index (Phi) is 8.87.